The molecule has 2 aromatic rings. The van der Waals surface area contributed by atoms with E-state index in [4.69, 9.17) is 5.26 Å². The smallest absolute Gasteiger partial charge is 0.256 e. The van der Waals surface area contributed by atoms with Gasteiger partial charge in [-0.3, -0.25) is 4.79 Å². The predicted octanol–water partition coefficient (Wildman–Crippen LogP) is 3.80. The molecule has 3 nitrogen and oxygen atoms in total. The van der Waals surface area contributed by atoms with Gasteiger partial charge < -0.3 is 5.32 Å². The highest BCUT2D eigenvalue weighted by atomic mass is 32.1. The minimum absolute atomic E-state index is 0.171. The van der Waals surface area contributed by atoms with Gasteiger partial charge in [-0.25, -0.2) is 0 Å². The summed E-state index contributed by atoms with van der Waals surface area (Å²) in [6.07, 6.45) is 0. The lowest BCUT2D eigenvalue weighted by molar-refractivity contribution is 0.102. The van der Waals surface area contributed by atoms with Crippen molar-refractivity contribution in [2.24, 2.45) is 0 Å². The van der Waals surface area contributed by atoms with Gasteiger partial charge >= 0.3 is 0 Å². The van der Waals surface area contributed by atoms with Crippen LogP contribution in [0.4, 0.5) is 5.00 Å². The molecular formula is C15H14N2OS. The number of anilines is 1. The number of aryl methyl sites for hydroxylation is 2. The molecule has 1 heterocycles. The van der Waals surface area contributed by atoms with Crippen molar-refractivity contribution in [2.45, 2.75) is 20.8 Å². The number of hydrogen-bond acceptors (Lipinski definition) is 3. The van der Waals surface area contributed by atoms with Crippen molar-refractivity contribution >= 4 is 22.2 Å². The van der Waals surface area contributed by atoms with Gasteiger partial charge in [0.15, 0.2) is 0 Å². The van der Waals surface area contributed by atoms with Crippen LogP contribution in [0.25, 0.3) is 0 Å². The largest absolute Gasteiger partial charge is 0.312 e. The lowest BCUT2D eigenvalue weighted by atomic mass is 10.1. The van der Waals surface area contributed by atoms with Crippen LogP contribution in [0.2, 0.25) is 0 Å². The number of benzene rings is 1. The average molecular weight is 270 g/mol. The molecule has 0 aliphatic rings. The Morgan fingerprint density at radius 1 is 1.26 bits per heavy atom. The lowest BCUT2D eigenvalue weighted by Crippen LogP contribution is -2.13. The highest BCUT2D eigenvalue weighted by Crippen LogP contribution is 2.32. The Kier molecular flexibility index (Phi) is 3.68. The molecular weight excluding hydrogens is 256 g/mol. The SMILES string of the molecule is Cc1ccccc1C(=O)Nc1sc(C)c(C)c1C#N. The number of nitriles is 1. The minimum Gasteiger partial charge on any atom is -0.312 e. The van der Waals surface area contributed by atoms with Crippen LogP contribution in [0, 0.1) is 32.1 Å². The Morgan fingerprint density at radius 3 is 2.58 bits per heavy atom. The summed E-state index contributed by atoms with van der Waals surface area (Å²) in [5.41, 5.74) is 3.05. The van der Waals surface area contributed by atoms with Gasteiger partial charge in [-0.2, -0.15) is 5.26 Å². The standard InChI is InChI=1S/C15H14N2OS/c1-9-6-4-5-7-12(9)14(18)17-15-13(8-16)10(2)11(3)19-15/h4-7H,1-3H3,(H,17,18). The van der Waals surface area contributed by atoms with Crippen LogP contribution in [-0.2, 0) is 0 Å². The summed E-state index contributed by atoms with van der Waals surface area (Å²) in [6, 6.07) is 9.55. The first-order valence-electron chi connectivity index (χ1n) is 5.91. The van der Waals surface area contributed by atoms with Crippen LogP contribution in [0.3, 0.4) is 0 Å². The molecule has 96 valence electrons. The third kappa shape index (κ3) is 2.51. The molecule has 0 aliphatic carbocycles. The van der Waals surface area contributed by atoms with Gasteiger partial charge in [0.25, 0.3) is 5.91 Å². The molecule has 0 unspecified atom stereocenters. The first-order valence-corrected chi connectivity index (χ1v) is 6.73. The number of carbonyl (C=O) groups is 1. The van der Waals surface area contributed by atoms with Crippen molar-refractivity contribution < 1.29 is 4.79 Å². The third-order valence-electron chi connectivity index (χ3n) is 3.11. The molecule has 0 spiro atoms. The number of thiophene rings is 1. The Balaban J connectivity index is 2.33. The van der Waals surface area contributed by atoms with Crippen LogP contribution >= 0.6 is 11.3 Å². The summed E-state index contributed by atoms with van der Waals surface area (Å²) >= 11 is 1.44. The Bertz CT molecular complexity index is 680. The second-order valence-corrected chi connectivity index (χ2v) is 5.59. The number of carbonyl (C=O) groups excluding carboxylic acids is 1. The first kappa shape index (κ1) is 13.3. The van der Waals surface area contributed by atoms with Crippen LogP contribution in [0.5, 0.6) is 0 Å². The second-order valence-electron chi connectivity index (χ2n) is 4.37. The van der Waals surface area contributed by atoms with Crippen LogP contribution in [-0.4, -0.2) is 5.91 Å². The quantitative estimate of drug-likeness (QED) is 0.902. The minimum atomic E-state index is -0.171. The summed E-state index contributed by atoms with van der Waals surface area (Å²) in [4.78, 5) is 13.3. The van der Waals surface area contributed by atoms with E-state index < -0.39 is 0 Å². The van der Waals surface area contributed by atoms with E-state index in [2.05, 4.69) is 11.4 Å². The third-order valence-corrected chi connectivity index (χ3v) is 4.24. The fourth-order valence-corrected chi connectivity index (χ4v) is 2.85. The predicted molar refractivity (Wildman–Crippen MR) is 77.6 cm³/mol. The summed E-state index contributed by atoms with van der Waals surface area (Å²) in [6.45, 7) is 5.74. The second kappa shape index (κ2) is 5.25. The highest BCUT2D eigenvalue weighted by Gasteiger charge is 2.16. The maximum absolute atomic E-state index is 12.2. The van der Waals surface area contributed by atoms with E-state index in [-0.39, 0.29) is 5.91 Å². The summed E-state index contributed by atoms with van der Waals surface area (Å²) in [5, 5.41) is 12.6. The van der Waals surface area contributed by atoms with Gasteiger partial charge in [-0.1, -0.05) is 18.2 Å². The molecule has 1 N–H and O–H groups in total. The molecule has 0 aliphatic heterocycles. The molecule has 1 amide bonds. The van der Waals surface area contributed by atoms with Gasteiger partial charge in [0.1, 0.15) is 11.1 Å². The highest BCUT2D eigenvalue weighted by molar-refractivity contribution is 7.16. The number of hydrogen-bond donors (Lipinski definition) is 1. The van der Waals surface area contributed by atoms with E-state index in [1.807, 2.05) is 39.0 Å². The maximum atomic E-state index is 12.2. The topological polar surface area (TPSA) is 52.9 Å². The molecule has 0 radical (unpaired) electrons. The van der Waals surface area contributed by atoms with E-state index in [1.165, 1.54) is 11.3 Å². The normalized spacial score (nSPS) is 10.0. The fraction of sp³-hybridized carbons (Fsp3) is 0.200. The van der Waals surface area contributed by atoms with Crippen LogP contribution in [0.1, 0.15) is 31.9 Å². The van der Waals surface area contributed by atoms with Gasteiger partial charge in [0.05, 0.1) is 5.56 Å². The lowest BCUT2D eigenvalue weighted by Gasteiger charge is -2.06. The van der Waals surface area contributed by atoms with E-state index in [0.717, 1.165) is 16.0 Å². The molecule has 0 fully saturated rings. The monoisotopic (exact) mass is 270 g/mol. The molecule has 1 aromatic carbocycles. The zero-order valence-corrected chi connectivity index (χ0v) is 11.9. The zero-order valence-electron chi connectivity index (χ0n) is 11.1. The Hall–Kier alpha value is -2.12. The molecule has 2 rings (SSSR count). The van der Waals surface area contributed by atoms with Crippen molar-refractivity contribution in [3.63, 3.8) is 0 Å². The maximum Gasteiger partial charge on any atom is 0.256 e. The summed E-state index contributed by atoms with van der Waals surface area (Å²) in [5.74, 6) is -0.171. The summed E-state index contributed by atoms with van der Waals surface area (Å²) < 4.78 is 0. The number of nitrogens with zero attached hydrogens (tertiary/aromatic N) is 1. The summed E-state index contributed by atoms with van der Waals surface area (Å²) in [7, 11) is 0. The Morgan fingerprint density at radius 2 is 1.95 bits per heavy atom. The van der Waals surface area contributed by atoms with Crippen LogP contribution in [0.15, 0.2) is 24.3 Å². The van der Waals surface area contributed by atoms with Crippen molar-refractivity contribution in [2.75, 3.05) is 5.32 Å². The number of amides is 1. The van der Waals surface area contributed by atoms with Gasteiger partial charge in [0, 0.05) is 10.4 Å². The number of rotatable bonds is 2. The molecule has 0 atom stereocenters. The van der Waals surface area contributed by atoms with E-state index in [9.17, 15) is 4.79 Å². The Labute approximate surface area is 116 Å². The zero-order chi connectivity index (χ0) is 14.0. The van der Waals surface area contributed by atoms with E-state index in [0.29, 0.717) is 16.1 Å². The van der Waals surface area contributed by atoms with Gasteiger partial charge in [-0.05, 0) is 38.0 Å². The van der Waals surface area contributed by atoms with E-state index >= 15 is 0 Å². The van der Waals surface area contributed by atoms with E-state index in [1.54, 1.807) is 6.07 Å². The first-order chi connectivity index (χ1) is 9.04. The van der Waals surface area contributed by atoms with Gasteiger partial charge in [-0.15, -0.1) is 11.3 Å². The molecule has 1 aromatic heterocycles. The van der Waals surface area contributed by atoms with Crippen LogP contribution < -0.4 is 5.32 Å². The van der Waals surface area contributed by atoms with Crippen molar-refractivity contribution in [3.8, 4) is 6.07 Å². The van der Waals surface area contributed by atoms with Gasteiger partial charge in [0.2, 0.25) is 0 Å². The molecule has 0 saturated carbocycles. The fourth-order valence-electron chi connectivity index (χ4n) is 1.85. The molecule has 0 saturated heterocycles. The van der Waals surface area contributed by atoms with Crippen molar-refractivity contribution in [1.82, 2.24) is 0 Å². The molecule has 4 heteroatoms. The molecule has 0 bridgehead atoms. The number of nitrogens with one attached hydrogen (secondary N) is 1. The average Bonchev–Trinajstić information content (AvgIpc) is 2.64. The van der Waals surface area contributed by atoms with Crippen molar-refractivity contribution in [3.05, 3.63) is 51.4 Å². The van der Waals surface area contributed by atoms with Crippen molar-refractivity contribution in [1.29, 1.82) is 5.26 Å². The molecule has 19 heavy (non-hydrogen) atoms.